The molecule has 0 fully saturated rings. The first-order valence-corrected chi connectivity index (χ1v) is 7.35. The quantitative estimate of drug-likeness (QED) is 0.831. The van der Waals surface area contributed by atoms with Crippen molar-refractivity contribution < 1.29 is 23.1 Å². The Kier molecular flexibility index (Phi) is 5.60. The third-order valence-electron chi connectivity index (χ3n) is 2.71. The number of ether oxygens (including phenoxy) is 1. The van der Waals surface area contributed by atoms with Crippen molar-refractivity contribution in [1.82, 2.24) is 5.32 Å². The van der Waals surface area contributed by atoms with Crippen molar-refractivity contribution in [3.05, 3.63) is 57.8 Å². The zero-order valence-corrected chi connectivity index (χ0v) is 12.3. The highest BCUT2D eigenvalue weighted by molar-refractivity contribution is 7.09. The minimum Gasteiger partial charge on any atom is -0.452 e. The van der Waals surface area contributed by atoms with Crippen molar-refractivity contribution in [2.24, 2.45) is 0 Å². The maximum absolute atomic E-state index is 13.0. The van der Waals surface area contributed by atoms with Gasteiger partial charge in [0.25, 0.3) is 5.91 Å². The molecule has 1 aromatic carbocycles. The Morgan fingerprint density at radius 3 is 2.55 bits per heavy atom. The van der Waals surface area contributed by atoms with E-state index in [1.54, 1.807) is 11.3 Å². The molecule has 4 nitrogen and oxygen atoms in total. The Bertz CT molecular complexity index is 639. The Labute approximate surface area is 129 Å². The molecule has 0 aliphatic rings. The Morgan fingerprint density at radius 1 is 1.18 bits per heavy atom. The molecule has 0 bridgehead atoms. The lowest BCUT2D eigenvalue weighted by Gasteiger charge is -2.06. The van der Waals surface area contributed by atoms with Gasteiger partial charge in [-0.05, 0) is 30.0 Å². The van der Waals surface area contributed by atoms with Crippen molar-refractivity contribution in [3.63, 3.8) is 0 Å². The van der Waals surface area contributed by atoms with Crippen molar-refractivity contribution in [2.45, 2.75) is 6.42 Å². The van der Waals surface area contributed by atoms with Crippen molar-refractivity contribution >= 4 is 23.2 Å². The highest BCUT2D eigenvalue weighted by Gasteiger charge is 2.12. The third-order valence-corrected chi connectivity index (χ3v) is 3.64. The molecule has 1 N–H and O–H groups in total. The summed E-state index contributed by atoms with van der Waals surface area (Å²) < 4.78 is 30.6. The third kappa shape index (κ3) is 4.92. The number of halogens is 2. The van der Waals surface area contributed by atoms with Crippen LogP contribution in [0.25, 0.3) is 0 Å². The zero-order valence-electron chi connectivity index (χ0n) is 11.5. The van der Waals surface area contributed by atoms with Gasteiger partial charge >= 0.3 is 5.97 Å². The second kappa shape index (κ2) is 7.65. The van der Waals surface area contributed by atoms with E-state index in [9.17, 15) is 18.4 Å². The molecule has 1 amide bonds. The van der Waals surface area contributed by atoms with E-state index in [2.05, 4.69) is 5.32 Å². The summed E-state index contributed by atoms with van der Waals surface area (Å²) in [5.41, 5.74) is -0.274. The van der Waals surface area contributed by atoms with Gasteiger partial charge in [-0.2, -0.15) is 0 Å². The van der Waals surface area contributed by atoms with Gasteiger partial charge < -0.3 is 10.1 Å². The molecule has 0 aliphatic heterocycles. The fourth-order valence-corrected chi connectivity index (χ4v) is 2.43. The summed E-state index contributed by atoms with van der Waals surface area (Å²) >= 11 is 1.59. The van der Waals surface area contributed by atoms with Crippen LogP contribution in [0.4, 0.5) is 8.78 Å². The number of carbonyl (C=O) groups is 2. The molecule has 22 heavy (non-hydrogen) atoms. The summed E-state index contributed by atoms with van der Waals surface area (Å²) in [5.74, 6) is -3.19. The van der Waals surface area contributed by atoms with Crippen LogP contribution in [0.3, 0.4) is 0 Å². The molecule has 0 atom stereocenters. The van der Waals surface area contributed by atoms with E-state index in [0.29, 0.717) is 19.0 Å². The summed E-state index contributed by atoms with van der Waals surface area (Å²) in [4.78, 5) is 24.2. The fraction of sp³-hybridized carbons (Fsp3) is 0.200. The Balaban J connectivity index is 1.74. The van der Waals surface area contributed by atoms with Crippen LogP contribution in [0.5, 0.6) is 0 Å². The van der Waals surface area contributed by atoms with Gasteiger partial charge in [-0.25, -0.2) is 13.6 Å². The predicted molar refractivity (Wildman–Crippen MR) is 77.7 cm³/mol. The number of benzene rings is 1. The molecule has 2 aromatic rings. The Morgan fingerprint density at radius 2 is 1.91 bits per heavy atom. The molecule has 7 heteroatoms. The van der Waals surface area contributed by atoms with Crippen LogP contribution >= 0.6 is 11.3 Å². The number of hydrogen-bond donors (Lipinski definition) is 1. The van der Waals surface area contributed by atoms with Crippen LogP contribution in [0, 0.1) is 11.6 Å². The molecule has 0 aliphatic carbocycles. The summed E-state index contributed by atoms with van der Waals surface area (Å²) in [6.45, 7) is -0.0765. The van der Waals surface area contributed by atoms with E-state index in [0.717, 1.165) is 17.0 Å². The van der Waals surface area contributed by atoms with Crippen molar-refractivity contribution in [3.8, 4) is 0 Å². The second-order valence-corrected chi connectivity index (χ2v) is 5.45. The smallest absolute Gasteiger partial charge is 0.338 e. The molecule has 2 rings (SSSR count). The molecule has 116 valence electrons. The lowest BCUT2D eigenvalue weighted by atomic mass is 10.2. The molecule has 1 heterocycles. The van der Waals surface area contributed by atoms with Gasteiger partial charge in [-0.1, -0.05) is 6.07 Å². The first-order chi connectivity index (χ1) is 10.5. The number of thiophene rings is 1. The van der Waals surface area contributed by atoms with Crippen LogP contribution in [0.15, 0.2) is 35.7 Å². The lowest BCUT2D eigenvalue weighted by molar-refractivity contribution is -0.124. The minimum atomic E-state index is -0.952. The number of carbonyl (C=O) groups excluding carboxylic acids is 2. The number of hydrogen-bond acceptors (Lipinski definition) is 4. The number of esters is 1. The summed E-state index contributed by atoms with van der Waals surface area (Å²) in [6.07, 6.45) is 0.687. The number of amides is 1. The minimum absolute atomic E-state index is 0.274. The monoisotopic (exact) mass is 325 g/mol. The van der Waals surface area contributed by atoms with E-state index < -0.39 is 30.1 Å². The molecule has 0 saturated carbocycles. The van der Waals surface area contributed by atoms with Gasteiger partial charge in [0.05, 0.1) is 5.56 Å². The highest BCUT2D eigenvalue weighted by atomic mass is 32.1. The van der Waals surface area contributed by atoms with E-state index in [1.165, 1.54) is 0 Å². The van der Waals surface area contributed by atoms with Gasteiger partial charge in [0, 0.05) is 17.5 Å². The SMILES string of the molecule is O=C(COC(=O)c1cc(F)cc(F)c1)NCCc1cccs1. The first-order valence-electron chi connectivity index (χ1n) is 6.47. The van der Waals surface area contributed by atoms with Crippen LogP contribution in [-0.2, 0) is 16.0 Å². The van der Waals surface area contributed by atoms with Crippen LogP contribution in [-0.4, -0.2) is 25.0 Å². The van der Waals surface area contributed by atoms with E-state index in [-0.39, 0.29) is 5.56 Å². The Hall–Kier alpha value is -2.28. The summed E-state index contributed by atoms with van der Waals surface area (Å²) in [6, 6.07) is 6.21. The van der Waals surface area contributed by atoms with Crippen LogP contribution in [0.2, 0.25) is 0 Å². The van der Waals surface area contributed by atoms with Crippen molar-refractivity contribution in [1.29, 1.82) is 0 Å². The van der Waals surface area contributed by atoms with Crippen LogP contribution in [0.1, 0.15) is 15.2 Å². The van der Waals surface area contributed by atoms with Gasteiger partial charge in [-0.3, -0.25) is 4.79 Å². The number of rotatable bonds is 6. The standard InChI is InChI=1S/C15H13F2NO3S/c16-11-6-10(7-12(17)8-11)15(20)21-9-14(19)18-4-3-13-2-1-5-22-13/h1-2,5-8H,3-4,9H2,(H,18,19). The second-order valence-electron chi connectivity index (χ2n) is 4.41. The fourth-order valence-electron chi connectivity index (χ4n) is 1.72. The van der Waals surface area contributed by atoms with E-state index in [1.807, 2.05) is 17.5 Å². The van der Waals surface area contributed by atoms with Crippen LogP contribution < -0.4 is 5.32 Å². The molecular weight excluding hydrogens is 312 g/mol. The molecule has 1 aromatic heterocycles. The number of nitrogens with one attached hydrogen (secondary N) is 1. The molecule has 0 spiro atoms. The van der Waals surface area contributed by atoms with Gasteiger partial charge in [0.1, 0.15) is 11.6 Å². The van der Waals surface area contributed by atoms with Gasteiger partial charge in [-0.15, -0.1) is 11.3 Å². The molecule has 0 saturated heterocycles. The maximum Gasteiger partial charge on any atom is 0.338 e. The first kappa shape index (κ1) is 16.1. The van der Waals surface area contributed by atoms with Gasteiger partial charge in [0.2, 0.25) is 0 Å². The van der Waals surface area contributed by atoms with Crippen molar-refractivity contribution in [2.75, 3.05) is 13.2 Å². The molecular formula is C15H13F2NO3S. The van der Waals surface area contributed by atoms with E-state index >= 15 is 0 Å². The lowest BCUT2D eigenvalue weighted by Crippen LogP contribution is -2.30. The maximum atomic E-state index is 13.0. The molecule has 0 unspecified atom stereocenters. The zero-order chi connectivity index (χ0) is 15.9. The van der Waals surface area contributed by atoms with E-state index in [4.69, 9.17) is 4.74 Å². The van der Waals surface area contributed by atoms with Gasteiger partial charge in [0.15, 0.2) is 6.61 Å². The highest BCUT2D eigenvalue weighted by Crippen LogP contribution is 2.09. The molecule has 0 radical (unpaired) electrons. The average Bonchev–Trinajstić information content (AvgIpc) is 2.97. The topological polar surface area (TPSA) is 55.4 Å². The largest absolute Gasteiger partial charge is 0.452 e. The average molecular weight is 325 g/mol. The summed E-state index contributed by atoms with van der Waals surface area (Å²) in [5, 5.41) is 4.53. The summed E-state index contributed by atoms with van der Waals surface area (Å²) in [7, 11) is 0. The predicted octanol–water partition coefficient (Wildman–Crippen LogP) is 2.54. The normalized spacial score (nSPS) is 10.3.